The van der Waals surface area contributed by atoms with Crippen LogP contribution in [-0.2, 0) is 4.79 Å². The second-order valence-corrected chi connectivity index (χ2v) is 2.53. The molecule has 2 heterocycles. The van der Waals surface area contributed by atoms with Crippen molar-refractivity contribution in [2.24, 2.45) is 20.2 Å². The van der Waals surface area contributed by atoms with E-state index in [-0.39, 0.29) is 0 Å². The molecule has 5 heteroatoms. The highest BCUT2D eigenvalue weighted by Gasteiger charge is 2.08. The smallest absolute Gasteiger partial charge is 0.266 e. The summed E-state index contributed by atoms with van der Waals surface area (Å²) in [5.41, 5.74) is 0.605. The fourth-order valence-electron chi connectivity index (χ4n) is 0.943. The number of allylic oxidation sites excluding steroid dienone is 4. The van der Waals surface area contributed by atoms with Gasteiger partial charge in [0.25, 0.3) is 5.91 Å². The van der Waals surface area contributed by atoms with Gasteiger partial charge in [-0.1, -0.05) is 18.2 Å². The predicted molar refractivity (Wildman–Crippen MR) is 52.2 cm³/mol. The van der Waals surface area contributed by atoms with Crippen LogP contribution >= 0.6 is 0 Å². The van der Waals surface area contributed by atoms with Gasteiger partial charge in [0.1, 0.15) is 12.0 Å². The van der Waals surface area contributed by atoms with E-state index < -0.39 is 5.91 Å². The summed E-state index contributed by atoms with van der Waals surface area (Å²) < 4.78 is 0. The van der Waals surface area contributed by atoms with Gasteiger partial charge in [0, 0.05) is 6.08 Å². The summed E-state index contributed by atoms with van der Waals surface area (Å²) in [6.45, 7) is 0. The van der Waals surface area contributed by atoms with Crippen LogP contribution in [0.4, 0.5) is 0 Å². The van der Waals surface area contributed by atoms with Crippen molar-refractivity contribution in [1.29, 1.82) is 0 Å². The molecule has 0 N–H and O–H groups in total. The highest BCUT2D eigenvalue weighted by Crippen LogP contribution is 2.09. The molecule has 0 unspecified atom stereocenters. The first-order valence-corrected chi connectivity index (χ1v) is 3.98. The Kier molecular flexibility index (Phi) is 2.22. The van der Waals surface area contributed by atoms with Crippen molar-refractivity contribution in [3.05, 3.63) is 36.1 Å². The summed E-state index contributed by atoms with van der Waals surface area (Å²) in [7, 11) is 0. The van der Waals surface area contributed by atoms with E-state index in [4.69, 9.17) is 0 Å². The summed E-state index contributed by atoms with van der Waals surface area (Å²) in [6, 6.07) is 0. The predicted octanol–water partition coefficient (Wildman–Crippen LogP) is 1.42. The Labute approximate surface area is 80.0 Å². The standard InChI is InChI=1S/C9H6N4O/c14-8-5-3-1-2-4-7-9(13-12-8)11-6-10-7/h1-6H/b2-1-,5-3-,7-4+,13-12?. The van der Waals surface area contributed by atoms with Gasteiger partial charge in [-0.05, 0) is 6.08 Å². The molecule has 0 fully saturated rings. The van der Waals surface area contributed by atoms with E-state index in [0.717, 1.165) is 0 Å². The Bertz CT molecular complexity index is 438. The number of hydrogen-bond acceptors (Lipinski definition) is 4. The average Bonchev–Trinajstić information content (AvgIpc) is 2.62. The van der Waals surface area contributed by atoms with Gasteiger partial charge in [0.2, 0.25) is 5.84 Å². The molecule has 0 saturated heterocycles. The Morgan fingerprint density at radius 1 is 1.07 bits per heavy atom. The summed E-state index contributed by atoms with van der Waals surface area (Å²) in [5.74, 6) is -0.0520. The van der Waals surface area contributed by atoms with Gasteiger partial charge >= 0.3 is 0 Å². The third kappa shape index (κ3) is 1.77. The molecule has 0 spiro atoms. The molecule has 0 aromatic carbocycles. The zero-order valence-electron chi connectivity index (χ0n) is 7.16. The van der Waals surface area contributed by atoms with Crippen LogP contribution in [0.2, 0.25) is 0 Å². The molecule has 68 valence electrons. The molecule has 2 aliphatic rings. The number of carbonyl (C=O) groups is 1. The van der Waals surface area contributed by atoms with Crippen LogP contribution in [0.15, 0.2) is 56.3 Å². The number of fused-ring (bicyclic) bond motifs is 1. The zero-order chi connectivity index (χ0) is 9.80. The van der Waals surface area contributed by atoms with Crippen LogP contribution in [0.3, 0.4) is 0 Å². The van der Waals surface area contributed by atoms with E-state index in [1.54, 1.807) is 24.3 Å². The lowest BCUT2D eigenvalue weighted by Gasteiger charge is -1.91. The van der Waals surface area contributed by atoms with Crippen molar-refractivity contribution in [1.82, 2.24) is 0 Å². The van der Waals surface area contributed by atoms with E-state index in [9.17, 15) is 4.79 Å². The number of carbonyl (C=O) groups excluding carboxylic acids is 1. The molecule has 0 saturated carbocycles. The van der Waals surface area contributed by atoms with Crippen molar-refractivity contribution in [2.75, 3.05) is 0 Å². The topological polar surface area (TPSA) is 66.5 Å². The van der Waals surface area contributed by atoms with E-state index in [2.05, 4.69) is 20.2 Å². The lowest BCUT2D eigenvalue weighted by Crippen LogP contribution is -1.94. The van der Waals surface area contributed by atoms with Gasteiger partial charge in [-0.2, -0.15) is 0 Å². The molecular formula is C9H6N4O. The minimum Gasteiger partial charge on any atom is -0.266 e. The molecule has 0 aromatic rings. The van der Waals surface area contributed by atoms with Crippen LogP contribution in [-0.4, -0.2) is 18.1 Å². The average molecular weight is 186 g/mol. The summed E-state index contributed by atoms with van der Waals surface area (Å²) >= 11 is 0. The number of hydrogen-bond donors (Lipinski definition) is 0. The third-order valence-electron chi connectivity index (χ3n) is 1.56. The maximum atomic E-state index is 11.0. The van der Waals surface area contributed by atoms with E-state index >= 15 is 0 Å². The Morgan fingerprint density at radius 3 is 2.93 bits per heavy atom. The largest absolute Gasteiger partial charge is 0.288 e. The van der Waals surface area contributed by atoms with Crippen LogP contribution in [0.1, 0.15) is 0 Å². The molecule has 2 aliphatic heterocycles. The number of azo groups is 1. The first-order valence-electron chi connectivity index (χ1n) is 3.98. The Morgan fingerprint density at radius 2 is 2.00 bits per heavy atom. The minimum absolute atomic E-state index is 0.360. The maximum Gasteiger partial charge on any atom is 0.288 e. The Hall–Kier alpha value is -2.17. The lowest BCUT2D eigenvalue weighted by atomic mass is 10.3. The number of amidine groups is 1. The first kappa shape index (κ1) is 8.43. The molecular weight excluding hydrogens is 180 g/mol. The molecule has 0 aromatic heterocycles. The zero-order valence-corrected chi connectivity index (χ0v) is 7.16. The van der Waals surface area contributed by atoms with Crippen LogP contribution in [0, 0.1) is 0 Å². The van der Waals surface area contributed by atoms with Gasteiger partial charge in [0.15, 0.2) is 0 Å². The van der Waals surface area contributed by atoms with Crippen LogP contribution in [0.5, 0.6) is 0 Å². The number of aliphatic imine (C=N–C) groups is 2. The minimum atomic E-state index is -0.412. The first-order chi connectivity index (χ1) is 6.86. The van der Waals surface area contributed by atoms with E-state index in [1.807, 2.05) is 0 Å². The van der Waals surface area contributed by atoms with Crippen molar-refractivity contribution in [2.45, 2.75) is 0 Å². The highest BCUT2D eigenvalue weighted by atomic mass is 16.1. The summed E-state index contributed by atoms with van der Waals surface area (Å²) in [5, 5.41) is 7.12. The fraction of sp³-hybridized carbons (Fsp3) is 0. The molecule has 1 amide bonds. The van der Waals surface area contributed by atoms with Crippen molar-refractivity contribution < 1.29 is 4.79 Å². The molecule has 0 atom stereocenters. The Balaban J connectivity index is 2.38. The van der Waals surface area contributed by atoms with Crippen molar-refractivity contribution in [3.8, 4) is 0 Å². The van der Waals surface area contributed by atoms with Gasteiger partial charge in [-0.25, -0.2) is 9.98 Å². The number of amides is 1. The molecule has 0 aliphatic carbocycles. The van der Waals surface area contributed by atoms with E-state index in [1.165, 1.54) is 12.4 Å². The third-order valence-corrected chi connectivity index (χ3v) is 1.56. The van der Waals surface area contributed by atoms with Crippen molar-refractivity contribution >= 4 is 18.1 Å². The van der Waals surface area contributed by atoms with Crippen LogP contribution < -0.4 is 0 Å². The lowest BCUT2D eigenvalue weighted by molar-refractivity contribution is -0.113. The summed E-state index contributed by atoms with van der Waals surface area (Å²) in [4.78, 5) is 18.8. The van der Waals surface area contributed by atoms with Gasteiger partial charge in [0.05, 0.1) is 0 Å². The molecule has 14 heavy (non-hydrogen) atoms. The van der Waals surface area contributed by atoms with Gasteiger partial charge in [-0.3, -0.25) is 4.79 Å². The van der Waals surface area contributed by atoms with Crippen LogP contribution in [0.25, 0.3) is 0 Å². The number of rotatable bonds is 0. The fourth-order valence-corrected chi connectivity index (χ4v) is 0.943. The van der Waals surface area contributed by atoms with Crippen molar-refractivity contribution in [3.63, 3.8) is 0 Å². The van der Waals surface area contributed by atoms with Gasteiger partial charge < -0.3 is 0 Å². The molecule has 0 bridgehead atoms. The monoisotopic (exact) mass is 186 g/mol. The molecule has 2 rings (SSSR count). The molecule has 0 radical (unpaired) electrons. The second-order valence-electron chi connectivity index (χ2n) is 2.53. The van der Waals surface area contributed by atoms with Gasteiger partial charge in [-0.15, -0.1) is 10.2 Å². The SMILES string of the molecule is O=C1\C=C/C=C\C=C2\N=CN=C2N=N1. The quantitative estimate of drug-likeness (QED) is 0.564. The highest BCUT2D eigenvalue weighted by molar-refractivity contribution is 6.07. The van der Waals surface area contributed by atoms with E-state index in [0.29, 0.717) is 11.5 Å². The number of nitrogens with zero attached hydrogens (tertiary/aromatic N) is 4. The maximum absolute atomic E-state index is 11.0. The molecule has 5 nitrogen and oxygen atoms in total. The second kappa shape index (κ2) is 3.69. The summed E-state index contributed by atoms with van der Waals surface area (Å²) in [6.07, 6.45) is 9.54. The normalized spacial score (nSPS) is 27.6.